The van der Waals surface area contributed by atoms with Gasteiger partial charge in [-0.15, -0.1) is 0 Å². The summed E-state index contributed by atoms with van der Waals surface area (Å²) in [6.07, 6.45) is 4.03. The van der Waals surface area contributed by atoms with Gasteiger partial charge in [-0.3, -0.25) is 14.4 Å². The fourth-order valence-corrected chi connectivity index (χ4v) is 4.88. The van der Waals surface area contributed by atoms with Crippen LogP contribution in [0.4, 0.5) is 0 Å². The molecule has 2 saturated heterocycles. The van der Waals surface area contributed by atoms with Gasteiger partial charge < -0.3 is 15.1 Å². The fourth-order valence-electron chi connectivity index (χ4n) is 4.88. The molecule has 154 valence electrons. The van der Waals surface area contributed by atoms with E-state index in [-0.39, 0.29) is 42.1 Å². The van der Waals surface area contributed by atoms with Crippen LogP contribution < -0.4 is 5.32 Å². The highest BCUT2D eigenvalue weighted by molar-refractivity contribution is 6.07. The van der Waals surface area contributed by atoms with Crippen LogP contribution in [-0.2, 0) is 20.8 Å². The minimum absolute atomic E-state index is 0.0340. The maximum atomic E-state index is 12.6. The van der Waals surface area contributed by atoms with E-state index in [1.54, 1.807) is 6.08 Å². The molecule has 0 radical (unpaired) electrons. The molecule has 3 atom stereocenters. The number of nitrogens with one attached hydrogen (secondary N) is 1. The SMILES string of the molecule is CC(C)C[C@H]1C(=O)CC(=O)N1[C@H]1CCN(C2=CC(=O)N[C@H]2Cc2ccccc2)C1. The highest BCUT2D eigenvalue weighted by Crippen LogP contribution is 2.31. The number of ketones is 1. The summed E-state index contributed by atoms with van der Waals surface area (Å²) >= 11 is 0. The van der Waals surface area contributed by atoms with Crippen molar-refractivity contribution in [3.8, 4) is 0 Å². The second-order valence-corrected chi connectivity index (χ2v) is 8.80. The van der Waals surface area contributed by atoms with Crippen molar-refractivity contribution in [2.24, 2.45) is 5.92 Å². The van der Waals surface area contributed by atoms with E-state index in [0.29, 0.717) is 12.5 Å². The first-order valence-electron chi connectivity index (χ1n) is 10.6. The number of benzene rings is 1. The highest BCUT2D eigenvalue weighted by Gasteiger charge is 2.45. The normalized spacial score (nSPS) is 27.2. The first-order valence-corrected chi connectivity index (χ1v) is 10.6. The van der Waals surface area contributed by atoms with Gasteiger partial charge in [0.2, 0.25) is 11.8 Å². The third-order valence-electron chi connectivity index (χ3n) is 6.17. The lowest BCUT2D eigenvalue weighted by Gasteiger charge is -2.32. The Kier molecular flexibility index (Phi) is 5.43. The lowest BCUT2D eigenvalue weighted by molar-refractivity contribution is -0.131. The molecule has 29 heavy (non-hydrogen) atoms. The number of amides is 2. The third-order valence-corrected chi connectivity index (χ3v) is 6.17. The van der Waals surface area contributed by atoms with E-state index in [2.05, 4.69) is 36.2 Å². The van der Waals surface area contributed by atoms with Crippen molar-refractivity contribution in [2.75, 3.05) is 13.1 Å². The molecular weight excluding hydrogens is 366 g/mol. The van der Waals surface area contributed by atoms with E-state index < -0.39 is 0 Å². The number of Topliss-reactive ketones (excluding diaryl/α,β-unsaturated/α-hetero) is 1. The smallest absolute Gasteiger partial charge is 0.246 e. The van der Waals surface area contributed by atoms with Crippen LogP contribution in [0, 0.1) is 5.92 Å². The van der Waals surface area contributed by atoms with Gasteiger partial charge in [-0.2, -0.15) is 0 Å². The van der Waals surface area contributed by atoms with Crippen molar-refractivity contribution < 1.29 is 14.4 Å². The molecule has 1 N–H and O–H groups in total. The molecule has 0 spiro atoms. The molecule has 1 aromatic carbocycles. The Morgan fingerprint density at radius 1 is 1.14 bits per heavy atom. The Morgan fingerprint density at radius 2 is 1.90 bits per heavy atom. The van der Waals surface area contributed by atoms with Crippen LogP contribution in [0.1, 0.15) is 38.7 Å². The summed E-state index contributed by atoms with van der Waals surface area (Å²) in [5, 5.41) is 3.06. The summed E-state index contributed by atoms with van der Waals surface area (Å²) in [6, 6.07) is 9.83. The molecule has 0 unspecified atom stereocenters. The van der Waals surface area contributed by atoms with Crippen molar-refractivity contribution in [1.82, 2.24) is 15.1 Å². The fraction of sp³-hybridized carbons (Fsp3) is 0.522. The highest BCUT2D eigenvalue weighted by atomic mass is 16.2. The van der Waals surface area contributed by atoms with E-state index in [1.807, 2.05) is 23.1 Å². The van der Waals surface area contributed by atoms with Gasteiger partial charge in [0, 0.05) is 24.9 Å². The molecule has 0 aliphatic carbocycles. The lowest BCUT2D eigenvalue weighted by atomic mass is 10.00. The Labute approximate surface area is 171 Å². The molecule has 6 nitrogen and oxygen atoms in total. The van der Waals surface area contributed by atoms with Gasteiger partial charge in [0.05, 0.1) is 24.5 Å². The number of rotatable bonds is 6. The number of carbonyl (C=O) groups is 3. The van der Waals surface area contributed by atoms with Gasteiger partial charge in [-0.25, -0.2) is 0 Å². The molecule has 1 aromatic rings. The van der Waals surface area contributed by atoms with Gasteiger partial charge in [0.1, 0.15) is 0 Å². The van der Waals surface area contributed by atoms with Crippen molar-refractivity contribution in [2.45, 2.75) is 57.7 Å². The van der Waals surface area contributed by atoms with Crippen LogP contribution in [0.3, 0.4) is 0 Å². The minimum Gasteiger partial charge on any atom is -0.371 e. The molecule has 6 heteroatoms. The Morgan fingerprint density at radius 3 is 2.62 bits per heavy atom. The van der Waals surface area contributed by atoms with E-state index in [0.717, 1.165) is 31.5 Å². The molecule has 4 rings (SSSR count). The number of hydrogen-bond acceptors (Lipinski definition) is 4. The van der Waals surface area contributed by atoms with Crippen LogP contribution in [0.2, 0.25) is 0 Å². The Bertz CT molecular complexity index is 833. The van der Waals surface area contributed by atoms with Crippen LogP contribution in [0.5, 0.6) is 0 Å². The summed E-state index contributed by atoms with van der Waals surface area (Å²) < 4.78 is 0. The standard InChI is InChI=1S/C23H29N3O3/c1-15(2)10-20-21(27)13-23(29)26(20)17-8-9-25(14-17)19-12-22(28)24-18(19)11-16-6-4-3-5-7-16/h3-7,12,15,17-18,20H,8-11,13-14H2,1-2H3,(H,24,28)/t17-,18-,20-/m0/s1. The molecule has 3 heterocycles. The van der Waals surface area contributed by atoms with Gasteiger partial charge >= 0.3 is 0 Å². The minimum atomic E-state index is -0.287. The monoisotopic (exact) mass is 395 g/mol. The summed E-state index contributed by atoms with van der Waals surface area (Å²) in [4.78, 5) is 41.1. The molecule has 0 aromatic heterocycles. The first kappa shape index (κ1) is 19.7. The molecule has 2 amide bonds. The quantitative estimate of drug-likeness (QED) is 0.747. The zero-order chi connectivity index (χ0) is 20.5. The largest absolute Gasteiger partial charge is 0.371 e. The summed E-state index contributed by atoms with van der Waals surface area (Å²) in [7, 11) is 0. The van der Waals surface area contributed by atoms with Crippen molar-refractivity contribution in [1.29, 1.82) is 0 Å². The number of hydrogen-bond donors (Lipinski definition) is 1. The Hall–Kier alpha value is -2.63. The van der Waals surface area contributed by atoms with Crippen LogP contribution in [0.15, 0.2) is 42.1 Å². The van der Waals surface area contributed by atoms with Crippen LogP contribution >= 0.6 is 0 Å². The Balaban J connectivity index is 1.47. The second-order valence-electron chi connectivity index (χ2n) is 8.80. The average molecular weight is 396 g/mol. The molecular formula is C23H29N3O3. The predicted molar refractivity (Wildman–Crippen MR) is 110 cm³/mol. The van der Waals surface area contributed by atoms with E-state index in [4.69, 9.17) is 0 Å². The molecule has 0 bridgehead atoms. The second kappa shape index (κ2) is 8.01. The van der Waals surface area contributed by atoms with E-state index in [9.17, 15) is 14.4 Å². The van der Waals surface area contributed by atoms with Gasteiger partial charge in [0.15, 0.2) is 5.78 Å². The maximum absolute atomic E-state index is 12.6. The topological polar surface area (TPSA) is 69.7 Å². The predicted octanol–water partition coefficient (Wildman–Crippen LogP) is 1.90. The van der Waals surface area contributed by atoms with Gasteiger partial charge in [0.25, 0.3) is 0 Å². The molecule has 3 aliphatic heterocycles. The molecule has 3 aliphatic rings. The molecule has 0 saturated carbocycles. The summed E-state index contributed by atoms with van der Waals surface area (Å²) in [5.41, 5.74) is 2.18. The number of likely N-dealkylation sites (tertiary alicyclic amines) is 2. The molecule has 2 fully saturated rings. The first-order chi connectivity index (χ1) is 13.9. The summed E-state index contributed by atoms with van der Waals surface area (Å²) in [5.74, 6) is 0.322. The maximum Gasteiger partial charge on any atom is 0.246 e. The van der Waals surface area contributed by atoms with Crippen LogP contribution in [0.25, 0.3) is 0 Å². The third kappa shape index (κ3) is 4.07. The van der Waals surface area contributed by atoms with Crippen LogP contribution in [-0.4, -0.2) is 58.6 Å². The lowest BCUT2D eigenvalue weighted by Crippen LogP contribution is -2.45. The number of nitrogens with zero attached hydrogens (tertiary/aromatic N) is 2. The summed E-state index contributed by atoms with van der Waals surface area (Å²) in [6.45, 7) is 5.65. The van der Waals surface area contributed by atoms with Crippen molar-refractivity contribution in [3.05, 3.63) is 47.7 Å². The zero-order valence-corrected chi connectivity index (χ0v) is 17.1. The number of carbonyl (C=O) groups excluding carboxylic acids is 3. The van der Waals surface area contributed by atoms with Crippen molar-refractivity contribution >= 4 is 17.6 Å². The van der Waals surface area contributed by atoms with Crippen molar-refractivity contribution in [3.63, 3.8) is 0 Å². The van der Waals surface area contributed by atoms with E-state index in [1.165, 1.54) is 5.56 Å². The van der Waals surface area contributed by atoms with E-state index >= 15 is 0 Å². The zero-order valence-electron chi connectivity index (χ0n) is 17.1. The van der Waals surface area contributed by atoms with Gasteiger partial charge in [-0.05, 0) is 30.7 Å². The van der Waals surface area contributed by atoms with Gasteiger partial charge in [-0.1, -0.05) is 44.2 Å². The average Bonchev–Trinajstić information content (AvgIpc) is 3.34.